The fraction of sp³-hybridized carbons (Fsp3) is 0.143. The maximum atomic E-state index is 12.8. The number of rotatable bonds is 2. The average molecular weight is 244 g/mol. The molecule has 0 unspecified atom stereocenters. The van der Waals surface area contributed by atoms with Gasteiger partial charge in [-0.05, 0) is 18.2 Å². The molecule has 0 atom stereocenters. The summed E-state index contributed by atoms with van der Waals surface area (Å²) in [4.78, 5) is 0. The van der Waals surface area contributed by atoms with E-state index in [1.807, 2.05) is 0 Å². The highest BCUT2D eigenvalue weighted by Gasteiger charge is 2.46. The highest BCUT2D eigenvalue weighted by molar-refractivity contribution is 7.86. The summed E-state index contributed by atoms with van der Waals surface area (Å²) < 4.78 is 79.2. The lowest BCUT2D eigenvalue weighted by Gasteiger charge is -2.12. The fourth-order valence-electron chi connectivity index (χ4n) is 0.826. The van der Waals surface area contributed by atoms with Crippen molar-refractivity contribution in [2.24, 2.45) is 0 Å². The summed E-state index contributed by atoms with van der Waals surface area (Å²) in [5, 5.41) is -4.67. The normalized spacial score (nSPS) is 12.9. The summed E-state index contributed by atoms with van der Waals surface area (Å²) in [5.41, 5.74) is -1.34. The average Bonchev–Trinajstić information content (AvgIpc) is 2.07. The Kier molecular flexibility index (Phi) is 2.75. The quantitative estimate of drug-likeness (QED) is 0.638. The Bertz CT molecular complexity index is 483. The zero-order valence-electron chi connectivity index (χ0n) is 6.92. The highest BCUT2D eigenvalue weighted by atomic mass is 32.2. The van der Waals surface area contributed by atoms with Crippen molar-refractivity contribution in [1.29, 1.82) is 0 Å². The summed E-state index contributed by atoms with van der Waals surface area (Å²) in [6.45, 7) is 0. The Balaban J connectivity index is 3.35. The topological polar surface area (TPSA) is 54.4 Å². The molecular formula is C7H4F4O3S. The predicted octanol–water partition coefficient (Wildman–Crippen LogP) is 1.90. The highest BCUT2D eigenvalue weighted by Crippen LogP contribution is 2.33. The lowest BCUT2D eigenvalue weighted by atomic mass is 10.2. The van der Waals surface area contributed by atoms with Crippen molar-refractivity contribution < 1.29 is 30.5 Å². The third-order valence-corrected chi connectivity index (χ3v) is 2.46. The monoisotopic (exact) mass is 244 g/mol. The van der Waals surface area contributed by atoms with Gasteiger partial charge in [0.2, 0.25) is 0 Å². The van der Waals surface area contributed by atoms with E-state index in [0.29, 0.717) is 12.1 Å². The molecule has 0 spiro atoms. The van der Waals surface area contributed by atoms with E-state index < -0.39 is 32.6 Å². The number of benzene rings is 1. The van der Waals surface area contributed by atoms with Gasteiger partial charge in [0.15, 0.2) is 11.6 Å². The van der Waals surface area contributed by atoms with Crippen LogP contribution in [0, 0.1) is 11.6 Å². The van der Waals surface area contributed by atoms with Crippen LogP contribution in [-0.2, 0) is 15.4 Å². The van der Waals surface area contributed by atoms with Crippen LogP contribution in [0.25, 0.3) is 0 Å². The minimum Gasteiger partial charge on any atom is -0.281 e. The Morgan fingerprint density at radius 3 is 2.07 bits per heavy atom. The smallest absolute Gasteiger partial charge is 0.281 e. The van der Waals surface area contributed by atoms with Gasteiger partial charge in [0.25, 0.3) is 0 Å². The molecule has 0 amide bonds. The summed E-state index contributed by atoms with van der Waals surface area (Å²) in [5.74, 6) is -3.03. The van der Waals surface area contributed by atoms with Gasteiger partial charge < -0.3 is 0 Å². The standard InChI is InChI=1S/C7H4F4O3S/c8-5-2-1-4(3-6(5)9)7(10,11)15(12,13)14/h1-3H,(H,12,13,14). The largest absolute Gasteiger partial charge is 0.395 e. The molecule has 3 nitrogen and oxygen atoms in total. The molecule has 0 radical (unpaired) electrons. The Morgan fingerprint density at radius 2 is 1.67 bits per heavy atom. The number of halogens is 4. The van der Waals surface area contributed by atoms with Gasteiger partial charge >= 0.3 is 15.4 Å². The first-order valence-electron chi connectivity index (χ1n) is 3.46. The third-order valence-electron chi connectivity index (χ3n) is 1.58. The molecule has 0 aliphatic carbocycles. The van der Waals surface area contributed by atoms with E-state index in [0.717, 1.165) is 0 Å². The van der Waals surface area contributed by atoms with Crippen molar-refractivity contribution >= 4 is 10.1 Å². The summed E-state index contributed by atoms with van der Waals surface area (Å²) in [7, 11) is -5.71. The summed E-state index contributed by atoms with van der Waals surface area (Å²) in [6.07, 6.45) is 0. The molecule has 0 aliphatic heterocycles. The predicted molar refractivity (Wildman–Crippen MR) is 41.8 cm³/mol. The van der Waals surface area contributed by atoms with E-state index >= 15 is 0 Å². The van der Waals surface area contributed by atoms with E-state index in [1.54, 1.807) is 0 Å². The van der Waals surface area contributed by atoms with Crippen molar-refractivity contribution in [2.45, 2.75) is 5.25 Å². The number of hydrogen-bond acceptors (Lipinski definition) is 2. The maximum Gasteiger partial charge on any atom is 0.395 e. The van der Waals surface area contributed by atoms with Crippen molar-refractivity contribution in [3.8, 4) is 0 Å². The van der Waals surface area contributed by atoms with Crippen LogP contribution in [0.4, 0.5) is 17.6 Å². The molecule has 0 fully saturated rings. The zero-order valence-corrected chi connectivity index (χ0v) is 7.73. The Hall–Kier alpha value is -1.15. The lowest BCUT2D eigenvalue weighted by Crippen LogP contribution is -2.25. The van der Waals surface area contributed by atoms with Crippen LogP contribution >= 0.6 is 0 Å². The van der Waals surface area contributed by atoms with Gasteiger partial charge in [0.1, 0.15) is 0 Å². The molecule has 15 heavy (non-hydrogen) atoms. The van der Waals surface area contributed by atoms with Crippen LogP contribution in [0.2, 0.25) is 0 Å². The van der Waals surface area contributed by atoms with E-state index in [9.17, 15) is 26.0 Å². The second-order valence-corrected chi connectivity index (χ2v) is 4.08. The molecule has 1 rings (SSSR count). The van der Waals surface area contributed by atoms with Crippen molar-refractivity contribution in [3.05, 3.63) is 35.4 Å². The van der Waals surface area contributed by atoms with E-state index in [2.05, 4.69) is 0 Å². The Morgan fingerprint density at radius 1 is 1.13 bits per heavy atom. The van der Waals surface area contributed by atoms with Crippen molar-refractivity contribution in [1.82, 2.24) is 0 Å². The maximum absolute atomic E-state index is 12.8. The first-order valence-corrected chi connectivity index (χ1v) is 4.90. The summed E-state index contributed by atoms with van der Waals surface area (Å²) >= 11 is 0. The molecule has 1 aromatic rings. The van der Waals surface area contributed by atoms with Gasteiger partial charge in [-0.25, -0.2) is 8.78 Å². The molecular weight excluding hydrogens is 240 g/mol. The second kappa shape index (κ2) is 3.46. The van der Waals surface area contributed by atoms with Crippen LogP contribution in [0.1, 0.15) is 5.56 Å². The first-order chi connectivity index (χ1) is 6.66. The molecule has 84 valence electrons. The molecule has 8 heteroatoms. The van der Waals surface area contributed by atoms with Crippen LogP contribution in [-0.4, -0.2) is 13.0 Å². The van der Waals surface area contributed by atoms with Gasteiger partial charge in [-0.2, -0.15) is 17.2 Å². The van der Waals surface area contributed by atoms with Crippen molar-refractivity contribution in [2.75, 3.05) is 0 Å². The molecule has 1 aromatic carbocycles. The molecule has 1 N–H and O–H groups in total. The zero-order chi connectivity index (χ0) is 11.9. The van der Waals surface area contributed by atoms with Crippen molar-refractivity contribution in [3.63, 3.8) is 0 Å². The molecule has 0 aliphatic rings. The SMILES string of the molecule is O=S(=O)(O)C(F)(F)c1ccc(F)c(F)c1. The molecule has 0 saturated heterocycles. The van der Waals surface area contributed by atoms with E-state index in [4.69, 9.17) is 4.55 Å². The van der Waals surface area contributed by atoms with Gasteiger partial charge in [0, 0.05) is 5.56 Å². The molecule has 0 heterocycles. The van der Waals surface area contributed by atoms with Crippen LogP contribution in [0.5, 0.6) is 0 Å². The summed E-state index contributed by atoms with van der Waals surface area (Å²) in [6, 6.07) is 0.707. The Labute approximate surface area is 82.1 Å². The second-order valence-electron chi connectivity index (χ2n) is 2.62. The molecule has 0 saturated carbocycles. The molecule has 0 bridgehead atoms. The van der Waals surface area contributed by atoms with E-state index in [-0.39, 0.29) is 6.07 Å². The minimum atomic E-state index is -5.71. The van der Waals surface area contributed by atoms with Crippen LogP contribution < -0.4 is 0 Å². The van der Waals surface area contributed by atoms with E-state index in [1.165, 1.54) is 0 Å². The van der Waals surface area contributed by atoms with Crippen LogP contribution in [0.15, 0.2) is 18.2 Å². The van der Waals surface area contributed by atoms with Gasteiger partial charge in [0.05, 0.1) is 0 Å². The third kappa shape index (κ3) is 2.10. The molecule has 0 aromatic heterocycles. The van der Waals surface area contributed by atoms with Gasteiger partial charge in [-0.1, -0.05) is 0 Å². The first kappa shape index (κ1) is 11.9. The number of hydrogen-bond donors (Lipinski definition) is 1. The van der Waals surface area contributed by atoms with Gasteiger partial charge in [-0.15, -0.1) is 0 Å². The minimum absolute atomic E-state index is 0.00308. The fourth-order valence-corrected chi connectivity index (χ4v) is 1.25. The number of alkyl halides is 2. The van der Waals surface area contributed by atoms with Crippen LogP contribution in [0.3, 0.4) is 0 Å². The van der Waals surface area contributed by atoms with Gasteiger partial charge in [-0.3, -0.25) is 4.55 Å². The lowest BCUT2D eigenvalue weighted by molar-refractivity contribution is 0.0785.